The summed E-state index contributed by atoms with van der Waals surface area (Å²) < 4.78 is 0. The van der Waals surface area contributed by atoms with Crippen LogP contribution in [0.15, 0.2) is 12.3 Å². The fourth-order valence-electron chi connectivity index (χ4n) is 1.57. The van der Waals surface area contributed by atoms with Crippen molar-refractivity contribution in [1.29, 1.82) is 0 Å². The Morgan fingerprint density at radius 2 is 1.94 bits per heavy atom. The zero-order valence-electron chi connectivity index (χ0n) is 11.7. The van der Waals surface area contributed by atoms with Crippen LogP contribution < -0.4 is 0 Å². The van der Waals surface area contributed by atoms with Crippen LogP contribution in [0.3, 0.4) is 0 Å². The molecule has 0 N–H and O–H groups in total. The predicted molar refractivity (Wildman–Crippen MR) is 73.8 cm³/mol. The number of aromatic nitrogens is 2. The van der Waals surface area contributed by atoms with Crippen LogP contribution in [0, 0.1) is 18.8 Å². The van der Waals surface area contributed by atoms with Crippen molar-refractivity contribution in [2.45, 2.75) is 47.5 Å². The van der Waals surface area contributed by atoms with Gasteiger partial charge < -0.3 is 0 Å². The normalized spacial score (nSPS) is 11.9. The van der Waals surface area contributed by atoms with Gasteiger partial charge in [-0.2, -0.15) is 0 Å². The molecule has 0 bridgehead atoms. The van der Waals surface area contributed by atoms with Gasteiger partial charge in [-0.1, -0.05) is 33.8 Å². The Hall–Kier alpha value is -1.18. The summed E-state index contributed by atoms with van der Waals surface area (Å²) in [5, 5.41) is 0. The van der Waals surface area contributed by atoms with Crippen LogP contribution in [0.5, 0.6) is 0 Å². The molecule has 0 aliphatic rings. The average Bonchev–Trinajstić information content (AvgIpc) is 2.24. The largest absolute Gasteiger partial charge is 0.254 e. The summed E-state index contributed by atoms with van der Waals surface area (Å²) in [7, 11) is 0. The van der Waals surface area contributed by atoms with Gasteiger partial charge in [0.1, 0.15) is 0 Å². The van der Waals surface area contributed by atoms with E-state index in [4.69, 9.17) is 0 Å². The highest BCUT2D eigenvalue weighted by molar-refractivity contribution is 5.47. The fraction of sp³-hybridized carbons (Fsp3) is 0.600. The third kappa shape index (κ3) is 5.12. The Balaban J connectivity index is 2.87. The van der Waals surface area contributed by atoms with E-state index in [9.17, 15) is 0 Å². The van der Waals surface area contributed by atoms with Crippen molar-refractivity contribution in [3.63, 3.8) is 0 Å². The quantitative estimate of drug-likeness (QED) is 0.765. The first-order chi connectivity index (χ1) is 7.99. The minimum atomic E-state index is 0.552. The van der Waals surface area contributed by atoms with E-state index in [0.29, 0.717) is 11.8 Å². The molecule has 0 fully saturated rings. The molecule has 1 aromatic heterocycles. The van der Waals surface area contributed by atoms with Crippen LogP contribution >= 0.6 is 0 Å². The molecule has 0 atom stereocenters. The Morgan fingerprint density at radius 3 is 2.53 bits per heavy atom. The number of aryl methyl sites for hydroxylation is 2. The lowest BCUT2D eigenvalue weighted by atomic mass is 10.0. The van der Waals surface area contributed by atoms with Crippen molar-refractivity contribution in [2.24, 2.45) is 11.8 Å². The van der Waals surface area contributed by atoms with E-state index in [1.165, 1.54) is 6.42 Å². The highest BCUT2D eigenvalue weighted by Gasteiger charge is 2.05. The van der Waals surface area contributed by atoms with Gasteiger partial charge in [0.2, 0.25) is 0 Å². The summed E-state index contributed by atoms with van der Waals surface area (Å²) in [4.78, 5) is 9.09. The zero-order valence-corrected chi connectivity index (χ0v) is 11.7. The van der Waals surface area contributed by atoms with Crippen molar-refractivity contribution < 1.29 is 0 Å². The van der Waals surface area contributed by atoms with Crippen LogP contribution in [0.2, 0.25) is 0 Å². The molecule has 0 spiro atoms. The number of hydrogen-bond donors (Lipinski definition) is 0. The Bertz CT molecular complexity index is 379. The first-order valence-electron chi connectivity index (χ1n) is 6.49. The van der Waals surface area contributed by atoms with Gasteiger partial charge in [0, 0.05) is 6.20 Å². The van der Waals surface area contributed by atoms with Crippen molar-refractivity contribution in [2.75, 3.05) is 0 Å². The highest BCUT2D eigenvalue weighted by atomic mass is 14.8. The average molecular weight is 232 g/mol. The molecule has 0 unspecified atom stereocenters. The Morgan fingerprint density at radius 1 is 1.24 bits per heavy atom. The lowest BCUT2D eigenvalue weighted by molar-refractivity contribution is 0.579. The zero-order chi connectivity index (χ0) is 12.8. The summed E-state index contributed by atoms with van der Waals surface area (Å²) in [5.41, 5.74) is 3.17. The second-order valence-electron chi connectivity index (χ2n) is 5.38. The molecular formula is C15H24N2. The number of nitrogens with zero attached hydrogens (tertiary/aromatic N) is 2. The Labute approximate surface area is 105 Å². The van der Waals surface area contributed by atoms with Crippen LogP contribution in [-0.2, 0) is 6.42 Å². The van der Waals surface area contributed by atoms with Crippen LogP contribution in [0.4, 0.5) is 0 Å². The van der Waals surface area contributed by atoms with E-state index < -0.39 is 0 Å². The lowest BCUT2D eigenvalue weighted by Gasteiger charge is -2.08. The molecule has 0 saturated carbocycles. The van der Waals surface area contributed by atoms with Crippen LogP contribution in [-0.4, -0.2) is 9.97 Å². The van der Waals surface area contributed by atoms with E-state index in [1.54, 1.807) is 0 Å². The molecule has 0 amide bonds. The maximum absolute atomic E-state index is 4.61. The molecule has 17 heavy (non-hydrogen) atoms. The molecule has 2 nitrogen and oxygen atoms in total. The van der Waals surface area contributed by atoms with Gasteiger partial charge in [-0.25, -0.2) is 0 Å². The van der Waals surface area contributed by atoms with Crippen LogP contribution in [0.1, 0.15) is 51.2 Å². The number of allylic oxidation sites excluding steroid dienone is 1. The van der Waals surface area contributed by atoms with E-state index in [2.05, 4.69) is 49.8 Å². The van der Waals surface area contributed by atoms with Gasteiger partial charge in [0.05, 0.1) is 17.1 Å². The van der Waals surface area contributed by atoms with E-state index >= 15 is 0 Å². The maximum Gasteiger partial charge on any atom is 0.0842 e. The number of rotatable bonds is 5. The first-order valence-corrected chi connectivity index (χ1v) is 6.49. The molecule has 0 aromatic carbocycles. The van der Waals surface area contributed by atoms with Gasteiger partial charge in [0.25, 0.3) is 0 Å². The maximum atomic E-state index is 4.61. The second kappa shape index (κ2) is 6.53. The molecule has 1 heterocycles. The van der Waals surface area contributed by atoms with Gasteiger partial charge in [-0.05, 0) is 37.7 Å². The van der Waals surface area contributed by atoms with E-state index in [1.807, 2.05) is 13.1 Å². The van der Waals surface area contributed by atoms with Gasteiger partial charge in [0.15, 0.2) is 0 Å². The third-order valence-corrected chi connectivity index (χ3v) is 2.59. The summed E-state index contributed by atoms with van der Waals surface area (Å²) >= 11 is 0. The van der Waals surface area contributed by atoms with Crippen molar-refractivity contribution >= 4 is 6.08 Å². The molecule has 94 valence electrons. The molecule has 1 aromatic rings. The van der Waals surface area contributed by atoms with Crippen molar-refractivity contribution in [3.05, 3.63) is 29.4 Å². The topological polar surface area (TPSA) is 25.8 Å². The summed E-state index contributed by atoms with van der Waals surface area (Å²) in [5.74, 6) is 1.26. The summed E-state index contributed by atoms with van der Waals surface area (Å²) in [6, 6.07) is 0. The fourth-order valence-corrected chi connectivity index (χ4v) is 1.57. The molecule has 0 radical (unpaired) electrons. The molecule has 0 aliphatic heterocycles. The minimum absolute atomic E-state index is 0.552. The standard InChI is InChI=1S/C15H24N2/c1-11(2)6-8-14-15(9-7-12(3)4)17-13(5)10-16-14/h6,8,10-12H,7,9H2,1-5H3/b8-6-. The number of hydrogen-bond acceptors (Lipinski definition) is 2. The van der Waals surface area contributed by atoms with Crippen LogP contribution in [0.25, 0.3) is 6.08 Å². The SMILES string of the molecule is Cc1cnc(/C=C\C(C)C)c(CCC(C)C)n1. The van der Waals surface area contributed by atoms with Crippen molar-refractivity contribution in [3.8, 4) is 0 Å². The molecular weight excluding hydrogens is 208 g/mol. The smallest absolute Gasteiger partial charge is 0.0842 e. The monoisotopic (exact) mass is 232 g/mol. The van der Waals surface area contributed by atoms with Gasteiger partial charge >= 0.3 is 0 Å². The summed E-state index contributed by atoms with van der Waals surface area (Å²) in [6.45, 7) is 10.8. The molecule has 0 aliphatic carbocycles. The third-order valence-electron chi connectivity index (χ3n) is 2.59. The van der Waals surface area contributed by atoms with E-state index in [0.717, 1.165) is 23.5 Å². The van der Waals surface area contributed by atoms with E-state index in [-0.39, 0.29) is 0 Å². The molecule has 0 saturated heterocycles. The minimum Gasteiger partial charge on any atom is -0.254 e. The van der Waals surface area contributed by atoms with Gasteiger partial charge in [-0.15, -0.1) is 0 Å². The second-order valence-corrected chi connectivity index (χ2v) is 5.38. The highest BCUT2D eigenvalue weighted by Crippen LogP contribution is 2.13. The summed E-state index contributed by atoms with van der Waals surface area (Å²) in [6.07, 6.45) is 8.31. The lowest BCUT2D eigenvalue weighted by Crippen LogP contribution is -2.01. The van der Waals surface area contributed by atoms with Gasteiger partial charge in [-0.3, -0.25) is 9.97 Å². The first kappa shape index (κ1) is 13.9. The van der Waals surface area contributed by atoms with Crippen molar-refractivity contribution in [1.82, 2.24) is 9.97 Å². The molecule has 1 rings (SSSR count). The Kier molecular flexibility index (Phi) is 5.33. The predicted octanol–water partition coefficient (Wildman–Crippen LogP) is 4.04. The molecule has 2 heteroatoms.